The largest absolute Gasteiger partial charge is 0.478 e. The fraction of sp³-hybridized carbons (Fsp3) is 0.667. The Bertz CT molecular complexity index is 447. The first-order valence-electron chi connectivity index (χ1n) is 5.79. The molecule has 0 aromatic carbocycles. The van der Waals surface area contributed by atoms with Gasteiger partial charge in [-0.1, -0.05) is 32.4 Å². The van der Waals surface area contributed by atoms with Gasteiger partial charge in [0.05, 0.1) is 12.2 Å². The van der Waals surface area contributed by atoms with E-state index in [1.165, 1.54) is 0 Å². The maximum Gasteiger partial charge on any atom is 0.340 e. The first-order chi connectivity index (χ1) is 8.14. The van der Waals surface area contributed by atoms with E-state index in [4.69, 9.17) is 11.6 Å². The molecule has 1 heterocycles. The monoisotopic (exact) mass is 273 g/mol. The van der Waals surface area contributed by atoms with Crippen molar-refractivity contribution in [3.63, 3.8) is 0 Å². The van der Waals surface area contributed by atoms with Gasteiger partial charge >= 0.3 is 5.97 Å². The molecule has 0 saturated carbocycles. The summed E-state index contributed by atoms with van der Waals surface area (Å²) >= 11 is 6.12. The molecule has 1 aromatic heterocycles. The number of hydrogen-bond donors (Lipinski definition) is 1. The average molecular weight is 274 g/mol. The predicted molar refractivity (Wildman–Crippen MR) is 71.5 cm³/mol. The summed E-state index contributed by atoms with van der Waals surface area (Å²) < 4.78 is 1.56. The van der Waals surface area contributed by atoms with Crippen LogP contribution >= 0.6 is 11.6 Å². The second kappa shape index (κ2) is 5.28. The molecule has 0 aliphatic rings. The summed E-state index contributed by atoms with van der Waals surface area (Å²) in [6.07, 6.45) is 0. The molecular weight excluding hydrogens is 254 g/mol. The quantitative estimate of drug-likeness (QED) is 0.913. The first-order valence-corrected chi connectivity index (χ1v) is 6.17. The average Bonchev–Trinajstić information content (AvgIpc) is 2.52. The van der Waals surface area contributed by atoms with Crippen LogP contribution in [0.25, 0.3) is 0 Å². The molecule has 1 aromatic rings. The second-order valence-corrected chi connectivity index (χ2v) is 5.95. The van der Waals surface area contributed by atoms with Gasteiger partial charge in [0, 0.05) is 12.0 Å². The van der Waals surface area contributed by atoms with Crippen LogP contribution in [-0.2, 0) is 12.0 Å². The van der Waals surface area contributed by atoms with Crippen molar-refractivity contribution in [2.45, 2.75) is 32.7 Å². The summed E-state index contributed by atoms with van der Waals surface area (Å²) in [5.41, 5.74) is 0.294. The molecule has 0 amide bonds. The molecule has 0 atom stereocenters. The van der Waals surface area contributed by atoms with Gasteiger partial charge in [-0.05, 0) is 14.1 Å². The van der Waals surface area contributed by atoms with E-state index in [-0.39, 0.29) is 16.1 Å². The van der Waals surface area contributed by atoms with Gasteiger partial charge in [0.15, 0.2) is 0 Å². The number of hydrogen-bond acceptors (Lipinski definition) is 3. The van der Waals surface area contributed by atoms with Crippen LogP contribution < -0.4 is 0 Å². The van der Waals surface area contributed by atoms with Crippen LogP contribution in [0.3, 0.4) is 0 Å². The Morgan fingerprint density at radius 1 is 1.44 bits per heavy atom. The molecule has 5 nitrogen and oxygen atoms in total. The normalized spacial score (nSPS) is 12.2. The van der Waals surface area contributed by atoms with Crippen molar-refractivity contribution in [1.82, 2.24) is 14.7 Å². The summed E-state index contributed by atoms with van der Waals surface area (Å²) in [6.45, 7) is 7.10. The van der Waals surface area contributed by atoms with Crippen molar-refractivity contribution in [2.75, 3.05) is 20.6 Å². The highest BCUT2D eigenvalue weighted by atomic mass is 35.5. The number of carboxylic acid groups (broad SMARTS) is 1. The molecule has 0 saturated heterocycles. The molecule has 0 aliphatic heterocycles. The molecule has 0 fully saturated rings. The third-order valence-electron chi connectivity index (χ3n) is 2.57. The summed E-state index contributed by atoms with van der Waals surface area (Å²) in [5, 5.41) is 13.8. The summed E-state index contributed by atoms with van der Waals surface area (Å²) in [5.74, 6) is -1.03. The fourth-order valence-corrected chi connectivity index (χ4v) is 1.89. The fourth-order valence-electron chi connectivity index (χ4n) is 1.60. The maximum atomic E-state index is 11.3. The van der Waals surface area contributed by atoms with Gasteiger partial charge in [-0.3, -0.25) is 4.68 Å². The summed E-state index contributed by atoms with van der Waals surface area (Å²) in [4.78, 5) is 13.3. The molecule has 0 radical (unpaired) electrons. The minimum atomic E-state index is -1.03. The van der Waals surface area contributed by atoms with Gasteiger partial charge in [-0.15, -0.1) is 0 Å². The molecule has 1 N–H and O–H groups in total. The number of carboxylic acids is 1. The number of aromatic nitrogens is 2. The number of rotatable bonds is 4. The number of likely N-dealkylation sites (N-methyl/N-ethyl adjacent to an activating group) is 1. The standard InChI is InChI=1S/C12H20ClN3O2/c1-12(2,3)9-8(11(17)18)10(13)16(14-9)7-6-15(4)5/h6-7H2,1-5H3,(H,17,18). The first kappa shape index (κ1) is 15.0. The van der Waals surface area contributed by atoms with Gasteiger partial charge in [-0.2, -0.15) is 5.10 Å². The Morgan fingerprint density at radius 3 is 2.33 bits per heavy atom. The van der Waals surface area contributed by atoms with Crippen LogP contribution in [0.5, 0.6) is 0 Å². The van der Waals surface area contributed by atoms with Gasteiger partial charge in [-0.25, -0.2) is 4.79 Å². The summed E-state index contributed by atoms with van der Waals surface area (Å²) in [7, 11) is 3.89. The molecule has 18 heavy (non-hydrogen) atoms. The lowest BCUT2D eigenvalue weighted by Crippen LogP contribution is -2.20. The Balaban J connectivity index is 3.20. The van der Waals surface area contributed by atoms with Crippen LogP contribution in [0.1, 0.15) is 36.8 Å². The maximum absolute atomic E-state index is 11.3. The van der Waals surface area contributed by atoms with Crippen LogP contribution in [0, 0.1) is 0 Å². The van der Waals surface area contributed by atoms with Crippen molar-refractivity contribution in [1.29, 1.82) is 0 Å². The zero-order valence-electron chi connectivity index (χ0n) is 11.5. The zero-order chi connectivity index (χ0) is 14.1. The molecule has 0 aliphatic carbocycles. The van der Waals surface area contributed by atoms with Crippen molar-refractivity contribution in [2.24, 2.45) is 0 Å². The molecule has 1 rings (SSSR count). The van der Waals surface area contributed by atoms with E-state index in [1.54, 1.807) is 4.68 Å². The van der Waals surface area contributed by atoms with Crippen LogP contribution in [0.4, 0.5) is 0 Å². The van der Waals surface area contributed by atoms with Crippen LogP contribution in [-0.4, -0.2) is 46.4 Å². The van der Waals surface area contributed by atoms with Gasteiger partial charge in [0.25, 0.3) is 0 Å². The molecular formula is C12H20ClN3O2. The molecule has 0 bridgehead atoms. The molecule has 0 unspecified atom stereocenters. The lowest BCUT2D eigenvalue weighted by molar-refractivity contribution is 0.0694. The topological polar surface area (TPSA) is 58.4 Å². The number of aromatic carboxylic acids is 1. The minimum absolute atomic E-state index is 0.114. The van der Waals surface area contributed by atoms with Gasteiger partial charge < -0.3 is 10.0 Å². The van der Waals surface area contributed by atoms with Gasteiger partial charge in [0.1, 0.15) is 10.7 Å². The molecule has 0 spiro atoms. The van der Waals surface area contributed by atoms with E-state index in [0.717, 1.165) is 6.54 Å². The summed E-state index contributed by atoms with van der Waals surface area (Å²) in [6, 6.07) is 0. The zero-order valence-corrected chi connectivity index (χ0v) is 12.2. The van der Waals surface area contributed by atoms with Crippen molar-refractivity contribution >= 4 is 17.6 Å². The Labute approximate surface area is 112 Å². The van der Waals surface area contributed by atoms with Crippen molar-refractivity contribution < 1.29 is 9.90 Å². The lowest BCUT2D eigenvalue weighted by Gasteiger charge is -2.16. The van der Waals surface area contributed by atoms with Crippen LogP contribution in [0.15, 0.2) is 0 Å². The molecule has 6 heteroatoms. The molecule has 102 valence electrons. The minimum Gasteiger partial charge on any atom is -0.478 e. The smallest absolute Gasteiger partial charge is 0.340 e. The Hall–Kier alpha value is -1.07. The van der Waals surface area contributed by atoms with E-state index in [0.29, 0.717) is 12.2 Å². The van der Waals surface area contributed by atoms with Crippen LogP contribution in [0.2, 0.25) is 5.15 Å². The van der Waals surface area contributed by atoms with Crippen molar-refractivity contribution in [3.05, 3.63) is 16.4 Å². The third kappa shape index (κ3) is 3.23. The third-order valence-corrected chi connectivity index (χ3v) is 2.96. The second-order valence-electron chi connectivity index (χ2n) is 5.60. The Kier molecular flexibility index (Phi) is 4.40. The highest BCUT2D eigenvalue weighted by molar-refractivity contribution is 6.32. The highest BCUT2D eigenvalue weighted by Crippen LogP contribution is 2.29. The van der Waals surface area contributed by atoms with E-state index in [1.807, 2.05) is 39.8 Å². The Morgan fingerprint density at radius 2 is 2.00 bits per heavy atom. The van der Waals surface area contributed by atoms with E-state index < -0.39 is 5.97 Å². The van der Waals surface area contributed by atoms with E-state index >= 15 is 0 Å². The van der Waals surface area contributed by atoms with Crippen molar-refractivity contribution in [3.8, 4) is 0 Å². The number of carbonyl (C=O) groups is 1. The predicted octanol–water partition coefficient (Wildman–Crippen LogP) is 2.09. The van der Waals surface area contributed by atoms with E-state index in [9.17, 15) is 9.90 Å². The number of nitrogens with zero attached hydrogens (tertiary/aromatic N) is 3. The number of halogens is 1. The lowest BCUT2D eigenvalue weighted by atomic mass is 9.89. The van der Waals surface area contributed by atoms with E-state index in [2.05, 4.69) is 5.10 Å². The SMILES string of the molecule is CN(C)CCn1nc(C(C)(C)C)c(C(=O)O)c1Cl. The van der Waals surface area contributed by atoms with Gasteiger partial charge in [0.2, 0.25) is 0 Å². The highest BCUT2D eigenvalue weighted by Gasteiger charge is 2.29.